The van der Waals surface area contributed by atoms with Gasteiger partial charge in [0.25, 0.3) is 0 Å². The van der Waals surface area contributed by atoms with E-state index < -0.39 is 14.6 Å². The predicted molar refractivity (Wildman–Crippen MR) is 63.8 cm³/mol. The Labute approximate surface area is 95.6 Å². The van der Waals surface area contributed by atoms with Crippen molar-refractivity contribution in [1.82, 2.24) is 0 Å². The summed E-state index contributed by atoms with van der Waals surface area (Å²) in [6, 6.07) is 6.19. The Morgan fingerprint density at radius 3 is 2.38 bits per heavy atom. The molecule has 0 atom stereocenters. The smallest absolute Gasteiger partial charge is 0.154 e. The Kier molecular flexibility index (Phi) is 3.57. The summed E-state index contributed by atoms with van der Waals surface area (Å²) in [5, 5.41) is 2.81. The van der Waals surface area contributed by atoms with Crippen molar-refractivity contribution >= 4 is 15.5 Å². The van der Waals surface area contributed by atoms with Crippen molar-refractivity contribution in [3.63, 3.8) is 0 Å². The fraction of sp³-hybridized carbons (Fsp3) is 0.455. The van der Waals surface area contributed by atoms with E-state index in [0.29, 0.717) is 5.69 Å². The van der Waals surface area contributed by atoms with Gasteiger partial charge in [-0.25, -0.2) is 12.8 Å². The van der Waals surface area contributed by atoms with E-state index >= 15 is 0 Å². The van der Waals surface area contributed by atoms with E-state index in [1.807, 2.05) is 0 Å². The molecule has 90 valence electrons. The standard InChI is InChI=1S/C11H16FNO2S/c1-11(2,16(3,14)15)8-13-10-7-5-4-6-9(10)12/h4-7,13H,8H2,1-3H3. The Hall–Kier alpha value is -1.10. The fourth-order valence-corrected chi connectivity index (χ4v) is 1.38. The molecule has 0 aliphatic carbocycles. The van der Waals surface area contributed by atoms with Crippen LogP contribution in [0.1, 0.15) is 13.8 Å². The first kappa shape index (κ1) is 13.0. The van der Waals surface area contributed by atoms with Gasteiger partial charge in [0.15, 0.2) is 9.84 Å². The van der Waals surface area contributed by atoms with Gasteiger partial charge in [0.05, 0.1) is 10.4 Å². The number of benzene rings is 1. The van der Waals surface area contributed by atoms with Crippen LogP contribution < -0.4 is 5.32 Å². The molecule has 0 aliphatic rings. The van der Waals surface area contributed by atoms with Crippen LogP contribution in [-0.4, -0.2) is 26.0 Å². The highest BCUT2D eigenvalue weighted by molar-refractivity contribution is 7.92. The lowest BCUT2D eigenvalue weighted by atomic mass is 10.2. The first-order valence-corrected chi connectivity index (χ1v) is 6.81. The van der Waals surface area contributed by atoms with Gasteiger partial charge in [-0.15, -0.1) is 0 Å². The van der Waals surface area contributed by atoms with Crippen molar-refractivity contribution in [3.8, 4) is 0 Å². The number of para-hydroxylation sites is 1. The van der Waals surface area contributed by atoms with Crippen molar-refractivity contribution in [3.05, 3.63) is 30.1 Å². The highest BCUT2D eigenvalue weighted by atomic mass is 32.2. The maximum atomic E-state index is 13.2. The van der Waals surface area contributed by atoms with Gasteiger partial charge < -0.3 is 5.32 Å². The zero-order valence-electron chi connectivity index (χ0n) is 9.62. The van der Waals surface area contributed by atoms with E-state index in [9.17, 15) is 12.8 Å². The molecule has 0 unspecified atom stereocenters. The van der Waals surface area contributed by atoms with Crippen molar-refractivity contribution < 1.29 is 12.8 Å². The Bertz CT molecular complexity index is 469. The molecule has 0 fully saturated rings. The topological polar surface area (TPSA) is 46.2 Å². The molecule has 0 saturated carbocycles. The number of hydrogen-bond donors (Lipinski definition) is 1. The molecule has 3 nitrogen and oxygen atoms in total. The SMILES string of the molecule is CC(C)(CNc1ccccc1F)S(C)(=O)=O. The maximum absolute atomic E-state index is 13.2. The molecule has 0 radical (unpaired) electrons. The number of sulfone groups is 1. The minimum Gasteiger partial charge on any atom is -0.381 e. The van der Waals surface area contributed by atoms with E-state index in [1.165, 1.54) is 12.3 Å². The first-order valence-electron chi connectivity index (χ1n) is 4.92. The summed E-state index contributed by atoms with van der Waals surface area (Å²) in [5.74, 6) is -0.383. The van der Waals surface area contributed by atoms with Crippen LogP contribution in [0.3, 0.4) is 0 Å². The molecule has 1 N–H and O–H groups in total. The Morgan fingerprint density at radius 2 is 1.88 bits per heavy atom. The molecule has 0 saturated heterocycles. The molecule has 0 aromatic heterocycles. The van der Waals surface area contributed by atoms with Gasteiger partial charge in [0.1, 0.15) is 5.82 Å². The van der Waals surface area contributed by atoms with E-state index in [4.69, 9.17) is 0 Å². The number of hydrogen-bond acceptors (Lipinski definition) is 3. The summed E-state index contributed by atoms with van der Waals surface area (Å²) in [4.78, 5) is 0. The van der Waals surface area contributed by atoms with E-state index in [0.717, 1.165) is 0 Å². The van der Waals surface area contributed by atoms with Gasteiger partial charge in [-0.2, -0.15) is 0 Å². The second kappa shape index (κ2) is 4.41. The average Bonchev–Trinajstić information content (AvgIpc) is 2.15. The van der Waals surface area contributed by atoms with E-state index in [1.54, 1.807) is 32.0 Å². The number of nitrogens with one attached hydrogen (secondary N) is 1. The molecule has 0 amide bonds. The molecule has 1 rings (SSSR count). The lowest BCUT2D eigenvalue weighted by Crippen LogP contribution is -2.38. The van der Waals surface area contributed by atoms with Crippen LogP contribution in [-0.2, 0) is 9.84 Å². The van der Waals surface area contributed by atoms with Crippen LogP contribution in [0.15, 0.2) is 24.3 Å². The molecule has 0 bridgehead atoms. The molecule has 16 heavy (non-hydrogen) atoms. The summed E-state index contributed by atoms with van der Waals surface area (Å²) in [6.45, 7) is 3.39. The van der Waals surface area contributed by atoms with Gasteiger partial charge in [-0.1, -0.05) is 12.1 Å². The zero-order valence-corrected chi connectivity index (χ0v) is 10.4. The monoisotopic (exact) mass is 245 g/mol. The third-order valence-corrected chi connectivity index (χ3v) is 4.73. The third kappa shape index (κ3) is 2.95. The van der Waals surface area contributed by atoms with Gasteiger partial charge in [0, 0.05) is 12.8 Å². The summed E-state index contributed by atoms with van der Waals surface area (Å²) < 4.78 is 35.2. The van der Waals surface area contributed by atoms with Gasteiger partial charge in [-0.05, 0) is 26.0 Å². The Balaban J connectivity index is 2.77. The lowest BCUT2D eigenvalue weighted by molar-refractivity contribution is 0.558. The minimum atomic E-state index is -3.17. The zero-order chi connectivity index (χ0) is 12.4. The summed E-state index contributed by atoms with van der Waals surface area (Å²) in [6.07, 6.45) is 1.18. The van der Waals surface area contributed by atoms with Gasteiger partial charge in [-0.3, -0.25) is 0 Å². The summed E-state index contributed by atoms with van der Waals surface area (Å²) >= 11 is 0. The molecular weight excluding hydrogens is 229 g/mol. The second-order valence-electron chi connectivity index (χ2n) is 4.37. The molecule has 0 spiro atoms. The first-order chi connectivity index (χ1) is 7.24. The fourth-order valence-electron chi connectivity index (χ4n) is 1.04. The van der Waals surface area contributed by atoms with Crippen molar-refractivity contribution in [2.24, 2.45) is 0 Å². The molecule has 0 heterocycles. The normalized spacial score (nSPS) is 12.5. The van der Waals surface area contributed by atoms with Gasteiger partial charge in [0.2, 0.25) is 0 Å². The van der Waals surface area contributed by atoms with Crippen molar-refractivity contribution in [1.29, 1.82) is 0 Å². The van der Waals surface area contributed by atoms with Gasteiger partial charge >= 0.3 is 0 Å². The van der Waals surface area contributed by atoms with E-state index in [2.05, 4.69) is 5.32 Å². The minimum absolute atomic E-state index is 0.173. The van der Waals surface area contributed by atoms with Crippen LogP contribution in [0.5, 0.6) is 0 Å². The molecule has 1 aromatic carbocycles. The van der Waals surface area contributed by atoms with Crippen molar-refractivity contribution in [2.45, 2.75) is 18.6 Å². The number of halogens is 1. The average molecular weight is 245 g/mol. The van der Waals surface area contributed by atoms with Crippen LogP contribution >= 0.6 is 0 Å². The maximum Gasteiger partial charge on any atom is 0.154 e. The molecule has 5 heteroatoms. The number of anilines is 1. The van der Waals surface area contributed by atoms with Crippen LogP contribution in [0, 0.1) is 5.82 Å². The Morgan fingerprint density at radius 1 is 1.31 bits per heavy atom. The van der Waals surface area contributed by atoms with Crippen LogP contribution in [0.4, 0.5) is 10.1 Å². The number of rotatable bonds is 4. The molecular formula is C11H16FNO2S. The molecule has 0 aliphatic heterocycles. The van der Waals surface area contributed by atoms with Crippen LogP contribution in [0.25, 0.3) is 0 Å². The quantitative estimate of drug-likeness (QED) is 0.883. The predicted octanol–water partition coefficient (Wildman–Crippen LogP) is 2.06. The van der Waals surface area contributed by atoms with Crippen molar-refractivity contribution in [2.75, 3.05) is 18.1 Å². The highest BCUT2D eigenvalue weighted by Crippen LogP contribution is 2.18. The third-order valence-electron chi connectivity index (χ3n) is 2.58. The molecule has 1 aromatic rings. The largest absolute Gasteiger partial charge is 0.381 e. The second-order valence-corrected chi connectivity index (χ2v) is 7.01. The summed E-state index contributed by atoms with van der Waals surface area (Å²) in [7, 11) is -3.17. The highest BCUT2D eigenvalue weighted by Gasteiger charge is 2.29. The summed E-state index contributed by atoms with van der Waals surface area (Å²) in [5.41, 5.74) is 0.319. The van der Waals surface area contributed by atoms with Crippen LogP contribution in [0.2, 0.25) is 0 Å². The lowest BCUT2D eigenvalue weighted by Gasteiger charge is -2.23. The van der Waals surface area contributed by atoms with E-state index in [-0.39, 0.29) is 12.4 Å².